The Morgan fingerprint density at radius 2 is 1.96 bits per heavy atom. The molecule has 0 aromatic carbocycles. The SMILES string of the molecule is CN=C(NCCc1cn2ccccc2n1)NCCN1CCCCC1.I. The molecule has 0 aliphatic carbocycles. The van der Waals surface area contributed by atoms with E-state index in [1.54, 1.807) is 0 Å². The Labute approximate surface area is 167 Å². The first kappa shape index (κ1) is 20.0. The van der Waals surface area contributed by atoms with Crippen molar-refractivity contribution in [2.45, 2.75) is 25.7 Å². The van der Waals surface area contributed by atoms with Gasteiger partial charge in [-0.25, -0.2) is 4.98 Å². The highest BCUT2D eigenvalue weighted by atomic mass is 127. The van der Waals surface area contributed by atoms with Crippen LogP contribution in [0, 0.1) is 0 Å². The molecule has 2 aromatic rings. The summed E-state index contributed by atoms with van der Waals surface area (Å²) in [6.07, 6.45) is 9.06. The highest BCUT2D eigenvalue weighted by molar-refractivity contribution is 14.0. The summed E-state index contributed by atoms with van der Waals surface area (Å²) < 4.78 is 2.06. The van der Waals surface area contributed by atoms with Gasteiger partial charge in [-0.3, -0.25) is 4.99 Å². The molecule has 25 heavy (non-hydrogen) atoms. The minimum absolute atomic E-state index is 0. The molecular weight excluding hydrogens is 427 g/mol. The number of hydrogen-bond acceptors (Lipinski definition) is 3. The maximum Gasteiger partial charge on any atom is 0.191 e. The van der Waals surface area contributed by atoms with Crippen LogP contribution < -0.4 is 10.6 Å². The minimum Gasteiger partial charge on any atom is -0.356 e. The predicted octanol–water partition coefficient (Wildman–Crippen LogP) is 2.15. The van der Waals surface area contributed by atoms with Crippen LogP contribution in [0.25, 0.3) is 5.65 Å². The topological polar surface area (TPSA) is 57.0 Å². The lowest BCUT2D eigenvalue weighted by Gasteiger charge is -2.26. The second kappa shape index (κ2) is 10.6. The van der Waals surface area contributed by atoms with Crippen LogP contribution in [-0.4, -0.2) is 60.0 Å². The summed E-state index contributed by atoms with van der Waals surface area (Å²) in [5, 5.41) is 6.77. The number of fused-ring (bicyclic) bond motifs is 1. The van der Waals surface area contributed by atoms with Crippen LogP contribution in [0.15, 0.2) is 35.6 Å². The second-order valence-corrected chi connectivity index (χ2v) is 6.28. The van der Waals surface area contributed by atoms with Crippen LogP contribution in [0.1, 0.15) is 25.0 Å². The molecule has 1 aliphatic rings. The summed E-state index contributed by atoms with van der Waals surface area (Å²) in [6, 6.07) is 6.06. The van der Waals surface area contributed by atoms with E-state index in [0.29, 0.717) is 0 Å². The summed E-state index contributed by atoms with van der Waals surface area (Å²) >= 11 is 0. The number of likely N-dealkylation sites (tertiary alicyclic amines) is 1. The van der Waals surface area contributed by atoms with E-state index in [4.69, 9.17) is 0 Å². The third-order valence-corrected chi connectivity index (χ3v) is 4.48. The Balaban J connectivity index is 0.00000225. The molecule has 1 fully saturated rings. The van der Waals surface area contributed by atoms with Gasteiger partial charge in [-0.1, -0.05) is 12.5 Å². The molecule has 0 spiro atoms. The number of rotatable bonds is 6. The van der Waals surface area contributed by atoms with Gasteiger partial charge >= 0.3 is 0 Å². The Hall–Kier alpha value is -1.35. The van der Waals surface area contributed by atoms with Crippen molar-refractivity contribution < 1.29 is 0 Å². The predicted molar refractivity (Wildman–Crippen MR) is 114 cm³/mol. The summed E-state index contributed by atoms with van der Waals surface area (Å²) in [4.78, 5) is 11.4. The third-order valence-electron chi connectivity index (χ3n) is 4.48. The van der Waals surface area contributed by atoms with E-state index < -0.39 is 0 Å². The molecule has 3 heterocycles. The Morgan fingerprint density at radius 1 is 1.16 bits per heavy atom. The van der Waals surface area contributed by atoms with E-state index in [2.05, 4.69) is 36.1 Å². The van der Waals surface area contributed by atoms with E-state index in [1.165, 1.54) is 32.4 Å². The summed E-state index contributed by atoms with van der Waals surface area (Å²) in [5.41, 5.74) is 2.09. The molecule has 7 heteroatoms. The number of hydrogen-bond donors (Lipinski definition) is 2. The zero-order valence-corrected chi connectivity index (χ0v) is 17.3. The molecule has 3 rings (SSSR count). The molecule has 0 unspecified atom stereocenters. The summed E-state index contributed by atoms with van der Waals surface area (Å²) in [6.45, 7) is 5.33. The van der Waals surface area contributed by atoms with Crippen molar-refractivity contribution in [2.24, 2.45) is 4.99 Å². The molecular formula is C18H29IN6. The molecule has 138 valence electrons. The highest BCUT2D eigenvalue weighted by Crippen LogP contribution is 2.07. The average Bonchev–Trinajstić information content (AvgIpc) is 3.04. The van der Waals surface area contributed by atoms with Crippen LogP contribution >= 0.6 is 24.0 Å². The number of aliphatic imine (C=N–C) groups is 1. The molecule has 0 amide bonds. The van der Waals surface area contributed by atoms with E-state index in [0.717, 1.165) is 43.4 Å². The van der Waals surface area contributed by atoms with E-state index >= 15 is 0 Å². The van der Waals surface area contributed by atoms with Crippen LogP contribution in [0.2, 0.25) is 0 Å². The van der Waals surface area contributed by atoms with E-state index in [9.17, 15) is 0 Å². The fourth-order valence-electron chi connectivity index (χ4n) is 3.15. The van der Waals surface area contributed by atoms with E-state index in [-0.39, 0.29) is 24.0 Å². The minimum atomic E-state index is 0. The molecule has 2 N–H and O–H groups in total. The van der Waals surface area contributed by atoms with Gasteiger partial charge in [-0.15, -0.1) is 24.0 Å². The molecule has 6 nitrogen and oxygen atoms in total. The summed E-state index contributed by atoms with van der Waals surface area (Å²) in [5.74, 6) is 0.871. The van der Waals surface area contributed by atoms with Crippen LogP contribution in [-0.2, 0) is 6.42 Å². The Kier molecular flexibility index (Phi) is 8.47. The number of nitrogens with one attached hydrogen (secondary N) is 2. The highest BCUT2D eigenvalue weighted by Gasteiger charge is 2.09. The molecule has 0 saturated carbocycles. The second-order valence-electron chi connectivity index (χ2n) is 6.28. The maximum atomic E-state index is 4.61. The maximum absolute atomic E-state index is 4.61. The Bertz CT molecular complexity index is 629. The quantitative estimate of drug-likeness (QED) is 0.398. The third kappa shape index (κ3) is 6.14. The molecule has 1 aliphatic heterocycles. The zero-order valence-electron chi connectivity index (χ0n) is 14.9. The molecule has 0 atom stereocenters. The average molecular weight is 456 g/mol. The monoisotopic (exact) mass is 456 g/mol. The van der Waals surface area contributed by atoms with Gasteiger partial charge in [0.25, 0.3) is 0 Å². The zero-order chi connectivity index (χ0) is 16.6. The molecule has 0 radical (unpaired) electrons. The van der Waals surface area contributed by atoms with Crippen LogP contribution in [0.3, 0.4) is 0 Å². The number of piperidine rings is 1. The van der Waals surface area contributed by atoms with Gasteiger partial charge in [-0.2, -0.15) is 0 Å². The van der Waals surface area contributed by atoms with Crippen molar-refractivity contribution in [1.29, 1.82) is 0 Å². The largest absolute Gasteiger partial charge is 0.356 e. The number of pyridine rings is 1. The van der Waals surface area contributed by atoms with Gasteiger partial charge in [0.05, 0.1) is 5.69 Å². The lowest BCUT2D eigenvalue weighted by molar-refractivity contribution is 0.232. The lowest BCUT2D eigenvalue weighted by Crippen LogP contribution is -2.43. The van der Waals surface area contributed by atoms with Crippen molar-refractivity contribution in [3.05, 3.63) is 36.3 Å². The van der Waals surface area contributed by atoms with Crippen molar-refractivity contribution in [3.8, 4) is 0 Å². The van der Waals surface area contributed by atoms with Gasteiger partial charge in [-0.05, 0) is 38.1 Å². The first-order chi connectivity index (χ1) is 11.8. The number of imidazole rings is 1. The molecule has 2 aromatic heterocycles. The van der Waals surface area contributed by atoms with Gasteiger partial charge in [0.1, 0.15) is 5.65 Å². The fraction of sp³-hybridized carbons (Fsp3) is 0.556. The number of nitrogens with zero attached hydrogens (tertiary/aromatic N) is 4. The van der Waals surface area contributed by atoms with Gasteiger partial charge in [0.2, 0.25) is 0 Å². The van der Waals surface area contributed by atoms with Crippen molar-refractivity contribution >= 4 is 35.6 Å². The lowest BCUT2D eigenvalue weighted by atomic mass is 10.1. The standard InChI is InChI=1S/C18H28N6.HI/c1-19-18(21-10-14-23-11-4-2-5-12-23)20-9-8-16-15-24-13-6-3-7-17(24)22-16;/h3,6-7,13,15H,2,4-5,8-12,14H2,1H3,(H2,19,20,21);1H. The first-order valence-electron chi connectivity index (χ1n) is 8.94. The van der Waals surface area contributed by atoms with Crippen molar-refractivity contribution in [2.75, 3.05) is 39.8 Å². The number of halogens is 1. The Morgan fingerprint density at radius 3 is 2.72 bits per heavy atom. The number of aromatic nitrogens is 2. The van der Waals surface area contributed by atoms with Gasteiger partial charge in [0.15, 0.2) is 5.96 Å². The van der Waals surface area contributed by atoms with Crippen molar-refractivity contribution in [1.82, 2.24) is 24.9 Å². The van der Waals surface area contributed by atoms with Gasteiger partial charge in [0, 0.05) is 45.5 Å². The summed E-state index contributed by atoms with van der Waals surface area (Å²) in [7, 11) is 1.82. The van der Waals surface area contributed by atoms with Crippen LogP contribution in [0.5, 0.6) is 0 Å². The van der Waals surface area contributed by atoms with Crippen LogP contribution in [0.4, 0.5) is 0 Å². The van der Waals surface area contributed by atoms with E-state index in [1.807, 2.05) is 31.4 Å². The van der Waals surface area contributed by atoms with Crippen molar-refractivity contribution in [3.63, 3.8) is 0 Å². The fourth-order valence-corrected chi connectivity index (χ4v) is 3.15. The molecule has 1 saturated heterocycles. The first-order valence-corrected chi connectivity index (χ1v) is 8.94. The van der Waals surface area contributed by atoms with Gasteiger partial charge < -0.3 is 19.9 Å². The number of guanidine groups is 1. The smallest absolute Gasteiger partial charge is 0.191 e. The molecule has 0 bridgehead atoms. The normalized spacial score (nSPS) is 15.8.